The lowest BCUT2D eigenvalue weighted by atomic mass is 9.93. The van der Waals surface area contributed by atoms with Gasteiger partial charge in [0, 0.05) is 76.4 Å². The van der Waals surface area contributed by atoms with Gasteiger partial charge in [0.2, 0.25) is 5.88 Å². The fourth-order valence-electron chi connectivity index (χ4n) is 6.50. The van der Waals surface area contributed by atoms with E-state index < -0.39 is 18.1 Å². The zero-order valence-corrected chi connectivity index (χ0v) is 30.1. The van der Waals surface area contributed by atoms with E-state index in [9.17, 15) is 18.0 Å². The molecule has 6 aromatic rings. The Morgan fingerprint density at radius 1 is 1.08 bits per heavy atom. The van der Waals surface area contributed by atoms with Crippen molar-refractivity contribution in [3.63, 3.8) is 0 Å². The zero-order valence-electron chi connectivity index (χ0n) is 29.3. The number of hydrogen-bond donors (Lipinski definition) is 2. The highest BCUT2D eigenvalue weighted by Crippen LogP contribution is 2.32. The molecule has 2 aliphatic rings. The minimum absolute atomic E-state index is 0.0617. The molecule has 3 aromatic carbocycles. The van der Waals surface area contributed by atoms with Gasteiger partial charge in [0.1, 0.15) is 23.8 Å². The molecule has 0 saturated carbocycles. The molecule has 3 aromatic heterocycles. The average molecular weight is 746 g/mol. The Labute approximate surface area is 309 Å². The second-order valence-corrected chi connectivity index (χ2v) is 13.7. The number of pyridine rings is 1. The van der Waals surface area contributed by atoms with E-state index in [0.29, 0.717) is 45.2 Å². The summed E-state index contributed by atoms with van der Waals surface area (Å²) in [4.78, 5) is 25.1. The third-order valence-electron chi connectivity index (χ3n) is 9.69. The predicted molar refractivity (Wildman–Crippen MR) is 197 cm³/mol. The van der Waals surface area contributed by atoms with Crippen molar-refractivity contribution in [1.82, 2.24) is 29.6 Å². The molecule has 5 heterocycles. The molecule has 2 saturated heterocycles. The number of carbonyl (C=O) groups is 1. The maximum Gasteiger partial charge on any atom is 0.266 e. The van der Waals surface area contributed by atoms with Crippen LogP contribution in [0.5, 0.6) is 5.88 Å². The Hall–Kier alpha value is -4.98. The van der Waals surface area contributed by atoms with E-state index in [1.807, 2.05) is 29.8 Å². The molecule has 0 radical (unpaired) electrons. The minimum atomic E-state index is -2.74. The number of H-pyrrole nitrogens is 1. The van der Waals surface area contributed by atoms with Crippen LogP contribution in [0.15, 0.2) is 66.7 Å². The highest BCUT2D eigenvalue weighted by atomic mass is 35.5. The number of nitrogens with one attached hydrogen (secondary N) is 2. The molecule has 0 atom stereocenters. The summed E-state index contributed by atoms with van der Waals surface area (Å²) in [6, 6.07) is 18.4. The number of likely N-dealkylation sites (tertiary alicyclic amines) is 1. The third kappa shape index (κ3) is 8.32. The van der Waals surface area contributed by atoms with Crippen molar-refractivity contribution in [2.24, 2.45) is 7.05 Å². The highest BCUT2D eigenvalue weighted by Gasteiger charge is 2.24. The summed E-state index contributed by atoms with van der Waals surface area (Å²) in [6.45, 7) is 6.15. The number of fused-ring (bicyclic) bond motifs is 2. The first-order chi connectivity index (χ1) is 25.6. The van der Waals surface area contributed by atoms with E-state index in [4.69, 9.17) is 31.0 Å². The number of rotatable bonds is 9. The summed E-state index contributed by atoms with van der Waals surface area (Å²) < 4.78 is 54.2. The molecule has 276 valence electrons. The quantitative estimate of drug-likeness (QED) is 0.153. The fourth-order valence-corrected chi connectivity index (χ4v) is 6.66. The molecule has 14 heteroatoms. The molecule has 2 fully saturated rings. The third-order valence-corrected chi connectivity index (χ3v) is 9.93. The van der Waals surface area contributed by atoms with E-state index >= 15 is 0 Å². The lowest BCUT2D eigenvalue weighted by Gasteiger charge is -2.31. The van der Waals surface area contributed by atoms with Gasteiger partial charge in [0.05, 0.1) is 17.6 Å². The molecule has 0 bridgehead atoms. The molecular weight excluding hydrogens is 707 g/mol. The molecule has 53 heavy (non-hydrogen) atoms. The Kier molecular flexibility index (Phi) is 10.9. The van der Waals surface area contributed by atoms with Gasteiger partial charge in [0.25, 0.3) is 12.3 Å². The number of imidazole rings is 1. The van der Waals surface area contributed by atoms with Crippen LogP contribution in [0.4, 0.5) is 18.9 Å². The minimum Gasteiger partial charge on any atom is -0.473 e. The van der Waals surface area contributed by atoms with Crippen molar-refractivity contribution in [2.75, 3.05) is 31.6 Å². The number of anilines is 1. The van der Waals surface area contributed by atoms with Gasteiger partial charge in [-0.1, -0.05) is 23.7 Å². The number of aromatic nitrogens is 5. The van der Waals surface area contributed by atoms with Crippen LogP contribution in [0.2, 0.25) is 5.02 Å². The number of alkyl halides is 2. The Balaban J connectivity index is 0.00000102. The molecule has 1 amide bonds. The first kappa shape index (κ1) is 36.4. The number of piperidine rings is 1. The van der Waals surface area contributed by atoms with Gasteiger partial charge in [-0.2, -0.15) is 5.10 Å². The van der Waals surface area contributed by atoms with Crippen LogP contribution in [-0.2, 0) is 24.9 Å². The van der Waals surface area contributed by atoms with E-state index in [2.05, 4.69) is 20.4 Å². The van der Waals surface area contributed by atoms with Crippen LogP contribution < -0.4 is 10.1 Å². The Morgan fingerprint density at radius 3 is 2.57 bits per heavy atom. The van der Waals surface area contributed by atoms with Crippen molar-refractivity contribution < 1.29 is 27.4 Å². The molecule has 0 spiro atoms. The lowest BCUT2D eigenvalue weighted by Crippen LogP contribution is -2.33. The molecule has 2 aliphatic heterocycles. The topological polar surface area (TPSA) is 110 Å². The average Bonchev–Trinajstić information content (AvgIpc) is 3.65. The van der Waals surface area contributed by atoms with E-state index in [1.165, 1.54) is 18.6 Å². The summed E-state index contributed by atoms with van der Waals surface area (Å²) in [7, 11) is 1.96. The van der Waals surface area contributed by atoms with Gasteiger partial charge in [-0.25, -0.2) is 23.1 Å². The molecule has 0 unspecified atom stereocenters. The smallest absolute Gasteiger partial charge is 0.266 e. The monoisotopic (exact) mass is 745 g/mol. The largest absolute Gasteiger partial charge is 0.473 e. The number of amides is 1. The standard InChI is InChI=1S/C36H33ClF3N7O2.C3H6O/c1-20-26-16-25(17-27(35(39)40)34(26)45-44-20)41-36(48)22-7-9-31-30(14-22)42-32(46(31)2)18-47-12-10-21(11-13-47)29-4-3-5-33(43-29)49-19-23-6-8-24(37)15-28(23)38;1-2-4-3-1/h3-9,14-17,21,35H,10-13,18-19H2,1-2H3,(H,41,48)(H,44,45);1-3H2. The van der Waals surface area contributed by atoms with E-state index in [0.717, 1.165) is 56.2 Å². The normalized spacial score (nSPS) is 15.0. The number of benzene rings is 3. The van der Waals surface area contributed by atoms with Crippen LogP contribution >= 0.6 is 11.6 Å². The van der Waals surface area contributed by atoms with Crippen molar-refractivity contribution >= 4 is 45.1 Å². The van der Waals surface area contributed by atoms with E-state index in [1.54, 1.807) is 43.3 Å². The number of ether oxygens (including phenoxy) is 2. The number of aryl methyl sites for hydroxylation is 2. The van der Waals surface area contributed by atoms with Gasteiger partial charge in [-0.05, 0) is 87.8 Å². The SMILES string of the molecule is C1COC1.Cc1[nH]nc2c(C(F)F)cc(NC(=O)c3ccc4c(c3)nc(CN3CCC(c5cccc(OCc6ccc(Cl)cc6F)n5)CC3)n4C)cc12. The first-order valence-corrected chi connectivity index (χ1v) is 17.9. The Morgan fingerprint density at radius 2 is 1.85 bits per heavy atom. The van der Waals surface area contributed by atoms with Crippen LogP contribution in [0.25, 0.3) is 21.9 Å². The summed E-state index contributed by atoms with van der Waals surface area (Å²) >= 11 is 5.85. The maximum absolute atomic E-state index is 14.2. The van der Waals surface area contributed by atoms with Crippen molar-refractivity contribution in [2.45, 2.75) is 51.7 Å². The van der Waals surface area contributed by atoms with Gasteiger partial charge in [0.15, 0.2) is 0 Å². The van der Waals surface area contributed by atoms with Gasteiger partial charge >= 0.3 is 0 Å². The number of hydrogen-bond acceptors (Lipinski definition) is 7. The van der Waals surface area contributed by atoms with Gasteiger partial charge < -0.3 is 19.4 Å². The number of nitrogens with zero attached hydrogens (tertiary/aromatic N) is 5. The van der Waals surface area contributed by atoms with Crippen LogP contribution in [0, 0.1) is 12.7 Å². The van der Waals surface area contributed by atoms with Crippen LogP contribution in [0.3, 0.4) is 0 Å². The number of halogens is 4. The number of carbonyl (C=O) groups excluding carboxylic acids is 1. The van der Waals surface area contributed by atoms with Gasteiger partial charge in [-0.3, -0.25) is 14.8 Å². The molecule has 0 aliphatic carbocycles. The number of aromatic amines is 1. The summed E-state index contributed by atoms with van der Waals surface area (Å²) in [6.07, 6.45) is 0.361. The van der Waals surface area contributed by atoms with E-state index in [-0.39, 0.29) is 29.3 Å². The predicted octanol–water partition coefficient (Wildman–Crippen LogP) is 8.50. The Bertz CT molecular complexity index is 2240. The second kappa shape index (κ2) is 15.9. The molecule has 10 nitrogen and oxygen atoms in total. The van der Waals surface area contributed by atoms with Crippen molar-refractivity contribution in [3.8, 4) is 5.88 Å². The summed E-state index contributed by atoms with van der Waals surface area (Å²) in [5.41, 5.74) is 4.15. The van der Waals surface area contributed by atoms with Crippen molar-refractivity contribution in [1.29, 1.82) is 0 Å². The second-order valence-electron chi connectivity index (χ2n) is 13.3. The highest BCUT2D eigenvalue weighted by molar-refractivity contribution is 6.30. The summed E-state index contributed by atoms with van der Waals surface area (Å²) in [5.74, 6) is 0.760. The molecular formula is C39H39ClF3N7O3. The lowest BCUT2D eigenvalue weighted by molar-refractivity contribution is 0.0367. The summed E-state index contributed by atoms with van der Waals surface area (Å²) in [5, 5.41) is 10.4. The van der Waals surface area contributed by atoms with Gasteiger partial charge in [-0.15, -0.1) is 0 Å². The maximum atomic E-state index is 14.2. The zero-order chi connectivity index (χ0) is 37.1. The fraction of sp³-hybridized carbons (Fsp3) is 0.333. The van der Waals surface area contributed by atoms with Crippen LogP contribution in [-0.4, -0.2) is 61.8 Å². The first-order valence-electron chi connectivity index (χ1n) is 17.5. The molecule has 2 N–H and O–H groups in total. The van der Waals surface area contributed by atoms with Crippen molar-refractivity contribution in [3.05, 3.63) is 111 Å². The molecule has 8 rings (SSSR count). The van der Waals surface area contributed by atoms with Crippen LogP contribution in [0.1, 0.15) is 70.3 Å².